The SMILES string of the molecule is O=C(O)Cc1ccc2c(c1)C(COOC(=O)O)c1ccccc1-2. The van der Waals surface area contributed by atoms with Crippen molar-refractivity contribution in [3.63, 3.8) is 0 Å². The molecule has 6 heteroatoms. The first kappa shape index (κ1) is 15.1. The van der Waals surface area contributed by atoms with Crippen LogP contribution < -0.4 is 0 Å². The molecule has 1 aliphatic rings. The van der Waals surface area contributed by atoms with E-state index in [1.165, 1.54) is 0 Å². The van der Waals surface area contributed by atoms with Gasteiger partial charge in [-0.2, -0.15) is 4.89 Å². The largest absolute Gasteiger partial charge is 0.537 e. The minimum atomic E-state index is -1.50. The molecule has 1 aliphatic carbocycles. The molecule has 0 aliphatic heterocycles. The van der Waals surface area contributed by atoms with Crippen molar-refractivity contribution >= 4 is 12.1 Å². The second-order valence-electron chi connectivity index (χ2n) is 5.27. The van der Waals surface area contributed by atoms with E-state index in [1.54, 1.807) is 6.07 Å². The molecule has 2 N–H and O–H groups in total. The van der Waals surface area contributed by atoms with Crippen LogP contribution in [0.1, 0.15) is 22.6 Å². The number of aliphatic carboxylic acids is 1. The third-order valence-electron chi connectivity index (χ3n) is 3.84. The molecule has 2 aromatic carbocycles. The average molecular weight is 314 g/mol. The van der Waals surface area contributed by atoms with Gasteiger partial charge in [-0.25, -0.2) is 4.79 Å². The molecule has 118 valence electrons. The third-order valence-corrected chi connectivity index (χ3v) is 3.84. The maximum atomic E-state index is 10.9. The Morgan fingerprint density at radius 2 is 1.74 bits per heavy atom. The van der Waals surface area contributed by atoms with Crippen molar-refractivity contribution in [2.45, 2.75) is 12.3 Å². The Balaban J connectivity index is 1.95. The van der Waals surface area contributed by atoms with E-state index < -0.39 is 12.1 Å². The van der Waals surface area contributed by atoms with Crippen molar-refractivity contribution in [3.8, 4) is 11.1 Å². The minimum absolute atomic E-state index is 0.0346. The van der Waals surface area contributed by atoms with Gasteiger partial charge in [0, 0.05) is 5.92 Å². The highest BCUT2D eigenvalue weighted by atomic mass is 17.2. The van der Waals surface area contributed by atoms with Crippen LogP contribution in [0.4, 0.5) is 4.79 Å². The lowest BCUT2D eigenvalue weighted by Gasteiger charge is -2.13. The van der Waals surface area contributed by atoms with Gasteiger partial charge in [-0.05, 0) is 27.8 Å². The van der Waals surface area contributed by atoms with Gasteiger partial charge in [0.05, 0.1) is 6.42 Å². The van der Waals surface area contributed by atoms with E-state index in [9.17, 15) is 9.59 Å². The lowest BCUT2D eigenvalue weighted by Crippen LogP contribution is -2.10. The molecule has 3 rings (SSSR count). The maximum Gasteiger partial charge on any atom is 0.537 e. The molecule has 0 bridgehead atoms. The highest BCUT2D eigenvalue weighted by molar-refractivity contribution is 5.80. The molecule has 23 heavy (non-hydrogen) atoms. The summed E-state index contributed by atoms with van der Waals surface area (Å²) in [4.78, 5) is 30.3. The zero-order chi connectivity index (χ0) is 16.4. The molecule has 0 heterocycles. The fourth-order valence-electron chi connectivity index (χ4n) is 2.98. The Labute approximate surface area is 131 Å². The molecule has 6 nitrogen and oxygen atoms in total. The quantitative estimate of drug-likeness (QED) is 0.651. The van der Waals surface area contributed by atoms with E-state index in [2.05, 4.69) is 4.89 Å². The van der Waals surface area contributed by atoms with Crippen LogP contribution in [0.5, 0.6) is 0 Å². The van der Waals surface area contributed by atoms with Gasteiger partial charge < -0.3 is 10.2 Å². The maximum absolute atomic E-state index is 10.9. The molecule has 2 aromatic rings. The van der Waals surface area contributed by atoms with Crippen molar-refractivity contribution in [3.05, 3.63) is 59.2 Å². The van der Waals surface area contributed by atoms with Gasteiger partial charge in [0.2, 0.25) is 0 Å². The summed E-state index contributed by atoms with van der Waals surface area (Å²) in [6.07, 6.45) is -1.57. The van der Waals surface area contributed by atoms with Crippen LogP contribution in [-0.2, 0) is 21.0 Å². The Kier molecular flexibility index (Phi) is 3.99. The first-order chi connectivity index (χ1) is 11.1. The molecular formula is C17H14O6. The van der Waals surface area contributed by atoms with E-state index in [0.717, 1.165) is 22.3 Å². The second kappa shape index (κ2) is 6.10. The van der Waals surface area contributed by atoms with Crippen LogP contribution in [0.3, 0.4) is 0 Å². The zero-order valence-corrected chi connectivity index (χ0v) is 12.1. The summed E-state index contributed by atoms with van der Waals surface area (Å²) >= 11 is 0. The topological polar surface area (TPSA) is 93.1 Å². The van der Waals surface area contributed by atoms with E-state index in [-0.39, 0.29) is 18.9 Å². The lowest BCUT2D eigenvalue weighted by molar-refractivity contribution is -0.252. The normalized spacial score (nSPS) is 14.9. The van der Waals surface area contributed by atoms with Crippen LogP contribution in [0.2, 0.25) is 0 Å². The molecule has 0 radical (unpaired) electrons. The molecular weight excluding hydrogens is 300 g/mol. The summed E-state index contributed by atoms with van der Waals surface area (Å²) in [7, 11) is 0. The smallest absolute Gasteiger partial charge is 0.481 e. The molecule has 0 aromatic heterocycles. The van der Waals surface area contributed by atoms with Crippen LogP contribution in [0.25, 0.3) is 11.1 Å². The number of fused-ring (bicyclic) bond motifs is 3. The summed E-state index contributed by atoms with van der Waals surface area (Å²) < 4.78 is 0. The Morgan fingerprint density at radius 3 is 2.48 bits per heavy atom. The van der Waals surface area contributed by atoms with Crippen molar-refractivity contribution in [2.24, 2.45) is 0 Å². The van der Waals surface area contributed by atoms with Gasteiger partial charge >= 0.3 is 12.1 Å². The number of carboxylic acids is 1. The fraction of sp³-hybridized carbons (Fsp3) is 0.176. The summed E-state index contributed by atoms with van der Waals surface area (Å²) in [6, 6.07) is 13.3. The monoisotopic (exact) mass is 314 g/mol. The summed E-state index contributed by atoms with van der Waals surface area (Å²) in [6.45, 7) is 0.0346. The molecule has 0 amide bonds. The van der Waals surface area contributed by atoms with Gasteiger partial charge in [0.15, 0.2) is 0 Å². The number of benzene rings is 2. The first-order valence-corrected chi connectivity index (χ1v) is 7.02. The van der Waals surface area contributed by atoms with Crippen molar-refractivity contribution in [1.29, 1.82) is 0 Å². The van der Waals surface area contributed by atoms with Gasteiger partial charge in [0.25, 0.3) is 0 Å². The summed E-state index contributed by atoms with van der Waals surface area (Å²) in [5, 5.41) is 17.5. The van der Waals surface area contributed by atoms with E-state index in [1.807, 2.05) is 36.4 Å². The first-order valence-electron chi connectivity index (χ1n) is 7.02. The van der Waals surface area contributed by atoms with E-state index in [4.69, 9.17) is 15.1 Å². The molecule has 1 unspecified atom stereocenters. The average Bonchev–Trinajstić information content (AvgIpc) is 2.80. The fourth-order valence-corrected chi connectivity index (χ4v) is 2.98. The number of rotatable bonds is 5. The Bertz CT molecular complexity index is 767. The van der Waals surface area contributed by atoms with Crippen LogP contribution >= 0.6 is 0 Å². The Morgan fingerprint density at radius 1 is 1.00 bits per heavy atom. The van der Waals surface area contributed by atoms with Crippen LogP contribution in [-0.4, -0.2) is 28.9 Å². The highest BCUT2D eigenvalue weighted by Crippen LogP contribution is 2.45. The van der Waals surface area contributed by atoms with Gasteiger partial charge in [-0.1, -0.05) is 42.5 Å². The third kappa shape index (κ3) is 3.02. The number of carboxylic acid groups (broad SMARTS) is 2. The minimum Gasteiger partial charge on any atom is -0.481 e. The van der Waals surface area contributed by atoms with Gasteiger partial charge in [-0.3, -0.25) is 9.68 Å². The summed E-state index contributed by atoms with van der Waals surface area (Å²) in [5.41, 5.74) is 4.64. The van der Waals surface area contributed by atoms with Crippen molar-refractivity contribution < 1.29 is 29.6 Å². The second-order valence-corrected chi connectivity index (χ2v) is 5.27. The van der Waals surface area contributed by atoms with E-state index in [0.29, 0.717) is 5.56 Å². The molecule has 0 spiro atoms. The van der Waals surface area contributed by atoms with Gasteiger partial charge in [0.1, 0.15) is 6.61 Å². The van der Waals surface area contributed by atoms with Gasteiger partial charge in [-0.15, -0.1) is 0 Å². The highest BCUT2D eigenvalue weighted by Gasteiger charge is 2.29. The lowest BCUT2D eigenvalue weighted by atomic mass is 9.96. The Hall–Kier alpha value is -2.86. The standard InChI is InChI=1S/C17H14O6/c18-16(19)8-10-5-6-13-11-3-1-2-4-12(11)15(14(13)7-10)9-22-23-17(20)21/h1-7,15H,8-9H2,(H,18,19)(H,20,21). The number of carbonyl (C=O) groups is 2. The number of hydrogen-bond acceptors (Lipinski definition) is 4. The molecule has 0 saturated heterocycles. The van der Waals surface area contributed by atoms with Crippen LogP contribution in [0, 0.1) is 0 Å². The number of hydrogen-bond donors (Lipinski definition) is 2. The van der Waals surface area contributed by atoms with E-state index >= 15 is 0 Å². The van der Waals surface area contributed by atoms with Crippen LogP contribution in [0.15, 0.2) is 42.5 Å². The molecule has 1 atom stereocenters. The predicted molar refractivity (Wildman–Crippen MR) is 80.1 cm³/mol. The zero-order valence-electron chi connectivity index (χ0n) is 12.1. The molecule has 0 fully saturated rings. The molecule has 0 saturated carbocycles. The predicted octanol–water partition coefficient (Wildman–Crippen LogP) is 3.05. The van der Waals surface area contributed by atoms with Crippen molar-refractivity contribution in [2.75, 3.05) is 6.61 Å². The summed E-state index contributed by atoms with van der Waals surface area (Å²) in [5.74, 6) is -1.10. The van der Waals surface area contributed by atoms with Crippen molar-refractivity contribution in [1.82, 2.24) is 0 Å².